The topological polar surface area (TPSA) is 23.6 Å². The molecule has 1 aromatic rings. The highest BCUT2D eigenvalue weighted by Gasteiger charge is 2.26. The Kier molecular flexibility index (Phi) is 5.44. The Bertz CT molecular complexity index is 508. The van der Waals surface area contributed by atoms with E-state index in [-0.39, 0.29) is 5.91 Å². The van der Waals surface area contributed by atoms with E-state index in [2.05, 4.69) is 34.7 Å². The van der Waals surface area contributed by atoms with Crippen molar-refractivity contribution in [2.24, 2.45) is 0 Å². The fraction of sp³-hybridized carbons (Fsp3) is 0.588. The van der Waals surface area contributed by atoms with Gasteiger partial charge in [0.15, 0.2) is 0 Å². The molecular formula is C17H25BrN2O. The van der Waals surface area contributed by atoms with Crippen molar-refractivity contribution < 1.29 is 4.79 Å². The molecule has 2 rings (SSSR count). The lowest BCUT2D eigenvalue weighted by molar-refractivity contribution is 0.0615. The van der Waals surface area contributed by atoms with E-state index < -0.39 is 0 Å². The molecule has 0 aliphatic carbocycles. The van der Waals surface area contributed by atoms with Gasteiger partial charge in [-0.15, -0.1) is 0 Å². The molecule has 1 amide bonds. The van der Waals surface area contributed by atoms with E-state index in [1.165, 1.54) is 0 Å². The van der Waals surface area contributed by atoms with Gasteiger partial charge in [0.2, 0.25) is 0 Å². The van der Waals surface area contributed by atoms with Gasteiger partial charge in [0, 0.05) is 42.3 Å². The standard InChI is InChI=1S/C17H25BrN2O/c1-12(2)20-9-7-15(8-10-20)19(4)17(21)14-6-5-13(3)16(18)11-14/h5-6,11-12,15H,7-10H2,1-4H3. The van der Waals surface area contributed by atoms with Gasteiger partial charge in [0.25, 0.3) is 5.91 Å². The van der Waals surface area contributed by atoms with E-state index in [1.807, 2.05) is 37.1 Å². The first kappa shape index (κ1) is 16.5. The zero-order valence-electron chi connectivity index (χ0n) is 13.4. The van der Waals surface area contributed by atoms with Gasteiger partial charge in [-0.3, -0.25) is 4.79 Å². The van der Waals surface area contributed by atoms with E-state index in [0.717, 1.165) is 41.5 Å². The monoisotopic (exact) mass is 352 g/mol. The average Bonchev–Trinajstić information content (AvgIpc) is 2.48. The molecule has 0 spiro atoms. The van der Waals surface area contributed by atoms with Crippen molar-refractivity contribution in [3.63, 3.8) is 0 Å². The van der Waals surface area contributed by atoms with Gasteiger partial charge < -0.3 is 9.80 Å². The molecule has 1 fully saturated rings. The van der Waals surface area contributed by atoms with Crippen LogP contribution in [0.2, 0.25) is 0 Å². The first-order valence-electron chi connectivity index (χ1n) is 7.67. The number of halogens is 1. The zero-order valence-corrected chi connectivity index (χ0v) is 15.0. The number of likely N-dealkylation sites (tertiary alicyclic amines) is 1. The molecule has 0 radical (unpaired) electrons. The Morgan fingerprint density at radius 2 is 1.95 bits per heavy atom. The molecule has 0 N–H and O–H groups in total. The molecule has 116 valence electrons. The van der Waals surface area contributed by atoms with Crippen molar-refractivity contribution in [1.82, 2.24) is 9.80 Å². The van der Waals surface area contributed by atoms with Crippen LogP contribution < -0.4 is 0 Å². The maximum Gasteiger partial charge on any atom is 0.253 e. The van der Waals surface area contributed by atoms with Crippen molar-refractivity contribution in [1.29, 1.82) is 0 Å². The molecule has 1 saturated heterocycles. The summed E-state index contributed by atoms with van der Waals surface area (Å²) in [5.41, 5.74) is 1.92. The van der Waals surface area contributed by atoms with E-state index in [4.69, 9.17) is 0 Å². The van der Waals surface area contributed by atoms with Gasteiger partial charge in [-0.05, 0) is 51.3 Å². The summed E-state index contributed by atoms with van der Waals surface area (Å²) in [5, 5.41) is 0. The Balaban J connectivity index is 2.01. The summed E-state index contributed by atoms with van der Waals surface area (Å²) >= 11 is 3.51. The van der Waals surface area contributed by atoms with Crippen LogP contribution >= 0.6 is 15.9 Å². The lowest BCUT2D eigenvalue weighted by Crippen LogP contribution is -2.47. The summed E-state index contributed by atoms with van der Waals surface area (Å²) in [6.45, 7) is 8.66. The summed E-state index contributed by atoms with van der Waals surface area (Å²) in [7, 11) is 1.94. The number of carbonyl (C=O) groups is 1. The van der Waals surface area contributed by atoms with Crippen molar-refractivity contribution in [3.8, 4) is 0 Å². The van der Waals surface area contributed by atoms with Crippen molar-refractivity contribution in [2.75, 3.05) is 20.1 Å². The predicted octanol–water partition coefficient (Wildman–Crippen LogP) is 3.70. The van der Waals surface area contributed by atoms with Crippen molar-refractivity contribution in [2.45, 2.75) is 45.7 Å². The average molecular weight is 353 g/mol. The van der Waals surface area contributed by atoms with E-state index >= 15 is 0 Å². The van der Waals surface area contributed by atoms with Crippen molar-refractivity contribution >= 4 is 21.8 Å². The van der Waals surface area contributed by atoms with Crippen LogP contribution in [0.1, 0.15) is 42.6 Å². The number of piperidine rings is 1. The summed E-state index contributed by atoms with van der Waals surface area (Å²) in [5.74, 6) is 0.124. The Labute approximate surface area is 136 Å². The molecule has 21 heavy (non-hydrogen) atoms. The minimum absolute atomic E-state index is 0.124. The highest BCUT2D eigenvalue weighted by molar-refractivity contribution is 9.10. The molecule has 1 heterocycles. The summed E-state index contributed by atoms with van der Waals surface area (Å²) in [6, 6.07) is 6.79. The maximum atomic E-state index is 12.6. The number of benzene rings is 1. The van der Waals surface area contributed by atoms with Crippen molar-refractivity contribution in [3.05, 3.63) is 33.8 Å². The quantitative estimate of drug-likeness (QED) is 0.827. The SMILES string of the molecule is Cc1ccc(C(=O)N(C)C2CCN(C(C)C)CC2)cc1Br. The normalized spacial score (nSPS) is 17.2. The number of nitrogens with zero attached hydrogens (tertiary/aromatic N) is 2. The minimum Gasteiger partial charge on any atom is -0.339 e. The first-order valence-corrected chi connectivity index (χ1v) is 8.47. The highest BCUT2D eigenvalue weighted by Crippen LogP contribution is 2.22. The molecule has 1 aromatic carbocycles. The summed E-state index contributed by atoms with van der Waals surface area (Å²) < 4.78 is 0.997. The van der Waals surface area contributed by atoms with E-state index in [0.29, 0.717) is 12.1 Å². The van der Waals surface area contributed by atoms with E-state index in [9.17, 15) is 4.79 Å². The molecule has 4 heteroatoms. The fourth-order valence-electron chi connectivity index (χ4n) is 2.88. The smallest absolute Gasteiger partial charge is 0.253 e. The van der Waals surface area contributed by atoms with Crippen LogP contribution in [0.15, 0.2) is 22.7 Å². The number of carbonyl (C=O) groups excluding carboxylic acids is 1. The first-order chi connectivity index (χ1) is 9.90. The molecule has 1 aliphatic heterocycles. The van der Waals surface area contributed by atoms with Gasteiger partial charge in [0.1, 0.15) is 0 Å². The second-order valence-corrected chi connectivity index (χ2v) is 7.10. The molecular weight excluding hydrogens is 328 g/mol. The molecule has 0 saturated carbocycles. The predicted molar refractivity (Wildman–Crippen MR) is 90.7 cm³/mol. The zero-order chi connectivity index (χ0) is 15.6. The summed E-state index contributed by atoms with van der Waals surface area (Å²) in [4.78, 5) is 17.0. The van der Waals surface area contributed by atoms with Gasteiger partial charge in [-0.2, -0.15) is 0 Å². The molecule has 1 aliphatic rings. The molecule has 0 unspecified atom stereocenters. The molecule has 0 aromatic heterocycles. The van der Waals surface area contributed by atoms with Crippen LogP contribution in [0, 0.1) is 6.92 Å². The van der Waals surface area contributed by atoms with Crippen LogP contribution in [0.5, 0.6) is 0 Å². The lowest BCUT2D eigenvalue weighted by atomic mass is 10.0. The fourth-order valence-corrected chi connectivity index (χ4v) is 3.26. The number of aryl methyl sites for hydroxylation is 1. The Hall–Kier alpha value is -0.870. The molecule has 0 bridgehead atoms. The van der Waals surface area contributed by atoms with Crippen LogP contribution in [-0.2, 0) is 0 Å². The molecule has 3 nitrogen and oxygen atoms in total. The second-order valence-electron chi connectivity index (χ2n) is 6.24. The number of amides is 1. The Morgan fingerprint density at radius 3 is 2.48 bits per heavy atom. The molecule has 0 atom stereocenters. The third-order valence-electron chi connectivity index (χ3n) is 4.52. The van der Waals surface area contributed by atoms with Crippen LogP contribution in [0.4, 0.5) is 0 Å². The largest absolute Gasteiger partial charge is 0.339 e. The summed E-state index contributed by atoms with van der Waals surface area (Å²) in [6.07, 6.45) is 2.13. The number of rotatable bonds is 3. The van der Waals surface area contributed by atoms with Crippen LogP contribution in [0.3, 0.4) is 0 Å². The highest BCUT2D eigenvalue weighted by atomic mass is 79.9. The van der Waals surface area contributed by atoms with Gasteiger partial charge in [-0.25, -0.2) is 0 Å². The van der Waals surface area contributed by atoms with Gasteiger partial charge >= 0.3 is 0 Å². The third kappa shape index (κ3) is 3.86. The Morgan fingerprint density at radius 1 is 1.33 bits per heavy atom. The number of hydrogen-bond donors (Lipinski definition) is 0. The van der Waals surface area contributed by atoms with Gasteiger partial charge in [-0.1, -0.05) is 22.0 Å². The number of hydrogen-bond acceptors (Lipinski definition) is 2. The van der Waals surface area contributed by atoms with Crippen LogP contribution in [0.25, 0.3) is 0 Å². The van der Waals surface area contributed by atoms with Crippen LogP contribution in [-0.4, -0.2) is 47.9 Å². The maximum absolute atomic E-state index is 12.6. The van der Waals surface area contributed by atoms with E-state index in [1.54, 1.807) is 0 Å². The lowest BCUT2D eigenvalue weighted by Gasteiger charge is -2.38. The van der Waals surface area contributed by atoms with Gasteiger partial charge in [0.05, 0.1) is 0 Å². The minimum atomic E-state index is 0.124. The third-order valence-corrected chi connectivity index (χ3v) is 5.37. The second kappa shape index (κ2) is 6.93.